The minimum absolute atomic E-state index is 0.0746. The molecule has 0 saturated carbocycles. The molecule has 1 aliphatic rings. The molecule has 0 spiro atoms. The van der Waals surface area contributed by atoms with Crippen LogP contribution in [0.4, 0.5) is 4.79 Å². The maximum Gasteiger partial charge on any atom is 0.407 e. The van der Waals surface area contributed by atoms with Crippen molar-refractivity contribution in [3.05, 3.63) is 59.7 Å². The smallest absolute Gasteiger partial charge is 0.407 e. The molecule has 0 heterocycles. The van der Waals surface area contributed by atoms with Gasteiger partial charge in [-0.2, -0.15) is 0 Å². The Morgan fingerprint density at radius 2 is 1.58 bits per heavy atom. The molecule has 33 heavy (non-hydrogen) atoms. The van der Waals surface area contributed by atoms with Crippen molar-refractivity contribution in [1.82, 2.24) is 10.6 Å². The first-order valence-electron chi connectivity index (χ1n) is 10.9. The van der Waals surface area contributed by atoms with Gasteiger partial charge < -0.3 is 20.5 Å². The Kier molecular flexibility index (Phi) is 7.73. The molecule has 0 saturated heterocycles. The Hall–Kier alpha value is -3.79. The zero-order valence-corrected chi connectivity index (χ0v) is 18.7. The van der Waals surface area contributed by atoms with Crippen LogP contribution in [0.15, 0.2) is 48.5 Å². The number of carbonyl (C=O) groups is 3. The highest BCUT2D eigenvalue weighted by Crippen LogP contribution is 2.44. The van der Waals surface area contributed by atoms with E-state index in [4.69, 9.17) is 11.2 Å². The number of rotatable bonds is 9. The Bertz CT molecular complexity index is 1030. The summed E-state index contributed by atoms with van der Waals surface area (Å²) in [6.07, 6.45) is 4.62. The molecule has 172 valence electrons. The third-order valence-electron chi connectivity index (χ3n) is 5.60. The van der Waals surface area contributed by atoms with Crippen LogP contribution < -0.4 is 10.6 Å². The van der Waals surface area contributed by atoms with E-state index >= 15 is 0 Å². The predicted octanol–water partition coefficient (Wildman–Crippen LogP) is 3.53. The van der Waals surface area contributed by atoms with Crippen LogP contribution in [0.25, 0.3) is 11.1 Å². The molecule has 3 rings (SSSR count). The average molecular weight is 449 g/mol. The monoisotopic (exact) mass is 448 g/mol. The van der Waals surface area contributed by atoms with Crippen LogP contribution in [0.3, 0.4) is 0 Å². The number of hydrogen-bond acceptors (Lipinski definition) is 4. The van der Waals surface area contributed by atoms with Gasteiger partial charge in [-0.25, -0.2) is 9.59 Å². The van der Waals surface area contributed by atoms with Crippen LogP contribution in [-0.4, -0.2) is 41.8 Å². The van der Waals surface area contributed by atoms with E-state index < -0.39 is 30.1 Å². The van der Waals surface area contributed by atoms with Crippen molar-refractivity contribution in [3.63, 3.8) is 0 Å². The van der Waals surface area contributed by atoms with Gasteiger partial charge in [0.2, 0.25) is 5.91 Å². The number of aliphatic carboxylic acids is 1. The van der Waals surface area contributed by atoms with Crippen LogP contribution in [-0.2, 0) is 14.3 Å². The minimum Gasteiger partial charge on any atom is -0.480 e. The van der Waals surface area contributed by atoms with Crippen molar-refractivity contribution >= 4 is 18.0 Å². The zero-order valence-electron chi connectivity index (χ0n) is 18.7. The number of benzene rings is 2. The number of carbonyl (C=O) groups excluding carboxylic acids is 2. The summed E-state index contributed by atoms with van der Waals surface area (Å²) in [6.45, 7) is 3.91. The van der Waals surface area contributed by atoms with Crippen LogP contribution in [0.2, 0.25) is 0 Å². The molecule has 0 aromatic heterocycles. The first kappa shape index (κ1) is 23.9. The van der Waals surface area contributed by atoms with Gasteiger partial charge in [0.25, 0.3) is 0 Å². The molecule has 3 N–H and O–H groups in total. The normalized spacial score (nSPS) is 13.9. The van der Waals surface area contributed by atoms with Gasteiger partial charge in [-0.05, 0) is 34.6 Å². The minimum atomic E-state index is -1.23. The zero-order chi connectivity index (χ0) is 24.0. The van der Waals surface area contributed by atoms with Gasteiger partial charge >= 0.3 is 12.1 Å². The van der Waals surface area contributed by atoms with Crippen LogP contribution in [0.5, 0.6) is 0 Å². The molecule has 0 radical (unpaired) electrons. The summed E-state index contributed by atoms with van der Waals surface area (Å²) in [4.78, 5) is 36.6. The highest BCUT2D eigenvalue weighted by atomic mass is 16.5. The van der Waals surface area contributed by atoms with Crippen molar-refractivity contribution in [1.29, 1.82) is 0 Å². The maximum atomic E-state index is 12.7. The molecular weight excluding hydrogens is 420 g/mol. The van der Waals surface area contributed by atoms with Gasteiger partial charge in [0.15, 0.2) is 0 Å². The molecular formula is C26H28N2O5. The second-order valence-corrected chi connectivity index (χ2v) is 8.46. The third kappa shape index (κ3) is 5.72. The van der Waals surface area contributed by atoms with Crippen molar-refractivity contribution < 1.29 is 24.2 Å². The van der Waals surface area contributed by atoms with Crippen LogP contribution >= 0.6 is 0 Å². The Morgan fingerprint density at radius 3 is 2.09 bits per heavy atom. The fraction of sp³-hybridized carbons (Fsp3) is 0.346. The predicted molar refractivity (Wildman–Crippen MR) is 124 cm³/mol. The highest BCUT2D eigenvalue weighted by Gasteiger charge is 2.30. The lowest BCUT2D eigenvalue weighted by atomic mass is 9.98. The molecule has 2 unspecified atom stereocenters. The molecule has 7 nitrogen and oxygen atoms in total. The van der Waals surface area contributed by atoms with Crippen molar-refractivity contribution in [2.45, 2.75) is 44.7 Å². The summed E-state index contributed by atoms with van der Waals surface area (Å²) in [5, 5.41) is 14.2. The lowest BCUT2D eigenvalue weighted by Gasteiger charge is -2.22. The Balaban J connectivity index is 1.67. The first-order chi connectivity index (χ1) is 15.8. The lowest BCUT2D eigenvalue weighted by molar-refractivity contribution is -0.142. The molecule has 1 aliphatic carbocycles. The fourth-order valence-electron chi connectivity index (χ4n) is 4.08. The fourth-order valence-corrected chi connectivity index (χ4v) is 4.08. The number of carboxylic acid groups (broad SMARTS) is 1. The number of hydrogen-bond donors (Lipinski definition) is 3. The Morgan fingerprint density at radius 1 is 1.00 bits per heavy atom. The van der Waals surface area contributed by atoms with Gasteiger partial charge in [-0.1, -0.05) is 62.4 Å². The average Bonchev–Trinajstić information content (AvgIpc) is 3.10. The third-order valence-corrected chi connectivity index (χ3v) is 5.60. The molecule has 2 aromatic carbocycles. The summed E-state index contributed by atoms with van der Waals surface area (Å²) in [5.74, 6) is 0.364. The summed E-state index contributed by atoms with van der Waals surface area (Å²) in [7, 11) is 0. The molecule has 0 bridgehead atoms. The van der Waals surface area contributed by atoms with E-state index in [2.05, 4.69) is 16.6 Å². The van der Waals surface area contributed by atoms with Gasteiger partial charge in [-0.15, -0.1) is 12.3 Å². The second-order valence-electron chi connectivity index (χ2n) is 8.46. The van der Waals surface area contributed by atoms with E-state index in [1.807, 2.05) is 62.4 Å². The number of terminal acetylenes is 1. The highest BCUT2D eigenvalue weighted by molar-refractivity contribution is 5.89. The van der Waals surface area contributed by atoms with E-state index in [1.54, 1.807) is 0 Å². The largest absolute Gasteiger partial charge is 0.480 e. The molecule has 0 fully saturated rings. The lowest BCUT2D eigenvalue weighted by Crippen LogP contribution is -2.52. The molecule has 2 atom stereocenters. The number of nitrogens with one attached hydrogen (secondary N) is 2. The van der Waals surface area contributed by atoms with E-state index in [0.29, 0.717) is 6.42 Å². The first-order valence-corrected chi connectivity index (χ1v) is 10.9. The molecule has 2 aromatic rings. The number of carboxylic acids is 1. The molecule has 7 heteroatoms. The number of alkyl carbamates (subject to hydrolysis) is 1. The summed E-state index contributed by atoms with van der Waals surface area (Å²) < 4.78 is 5.52. The van der Waals surface area contributed by atoms with Crippen molar-refractivity contribution in [3.8, 4) is 23.5 Å². The summed E-state index contributed by atoms with van der Waals surface area (Å²) in [6, 6.07) is 13.8. The summed E-state index contributed by atoms with van der Waals surface area (Å²) >= 11 is 0. The van der Waals surface area contributed by atoms with E-state index in [-0.39, 0.29) is 24.9 Å². The molecule has 0 aliphatic heterocycles. The van der Waals surface area contributed by atoms with Crippen LogP contribution in [0, 0.1) is 18.3 Å². The van der Waals surface area contributed by atoms with E-state index in [0.717, 1.165) is 22.3 Å². The van der Waals surface area contributed by atoms with E-state index in [1.165, 1.54) is 0 Å². The van der Waals surface area contributed by atoms with Gasteiger partial charge in [0.1, 0.15) is 18.7 Å². The second kappa shape index (κ2) is 10.7. The SMILES string of the molecule is C#CCC(NC(=O)C(CC(C)C)NC(=O)OCC1c2ccccc2-c2ccccc21)C(=O)O. The molecule has 2 amide bonds. The number of fused-ring (bicyclic) bond motifs is 3. The van der Waals surface area contributed by atoms with Crippen molar-refractivity contribution in [2.75, 3.05) is 6.61 Å². The van der Waals surface area contributed by atoms with Crippen molar-refractivity contribution in [2.24, 2.45) is 5.92 Å². The van der Waals surface area contributed by atoms with Crippen LogP contribution in [0.1, 0.15) is 43.7 Å². The number of amides is 2. The van der Waals surface area contributed by atoms with Gasteiger partial charge in [0, 0.05) is 12.3 Å². The van der Waals surface area contributed by atoms with Gasteiger partial charge in [0.05, 0.1) is 0 Å². The van der Waals surface area contributed by atoms with E-state index in [9.17, 15) is 19.5 Å². The maximum absolute atomic E-state index is 12.7. The topological polar surface area (TPSA) is 105 Å². The number of ether oxygens (including phenoxy) is 1. The van der Waals surface area contributed by atoms with Gasteiger partial charge in [-0.3, -0.25) is 4.79 Å². The Labute approximate surface area is 193 Å². The quantitative estimate of drug-likeness (QED) is 0.509. The standard InChI is InChI=1S/C26H28N2O5/c1-4-9-22(25(30)31)27-24(29)23(14-16(2)3)28-26(32)33-15-21-19-12-7-5-10-17(19)18-11-6-8-13-20(18)21/h1,5-8,10-13,16,21-23H,9,14-15H2,2-3H3,(H,27,29)(H,28,32)(H,30,31). The summed E-state index contributed by atoms with van der Waals surface area (Å²) in [5.41, 5.74) is 4.41.